The molecule has 11 heteroatoms. The molecule has 0 radical (unpaired) electrons. The molecule has 2 aromatic rings. The minimum atomic E-state index is -1.02. The first-order valence-electron chi connectivity index (χ1n) is 14.8. The molecule has 2 heterocycles. The quantitative estimate of drug-likeness (QED) is 0.372. The summed E-state index contributed by atoms with van der Waals surface area (Å²) < 4.78 is 1.50. The lowest BCUT2D eigenvalue weighted by Crippen LogP contribution is -2.60. The first-order valence-corrected chi connectivity index (χ1v) is 14.8. The minimum Gasteiger partial charge on any atom is -0.357 e. The van der Waals surface area contributed by atoms with E-state index in [0.717, 1.165) is 56.1 Å². The van der Waals surface area contributed by atoms with Crippen LogP contribution in [0.3, 0.4) is 0 Å². The number of carbonyl (C=O) groups is 4. The zero-order valence-electron chi connectivity index (χ0n) is 24.2. The summed E-state index contributed by atoms with van der Waals surface area (Å²) in [5, 5.41) is 15.9. The number of aryl methyl sites for hydroxylation is 1. The maximum absolute atomic E-state index is 13.7. The summed E-state index contributed by atoms with van der Waals surface area (Å²) in [6.07, 6.45) is 9.07. The number of hydrogen-bond acceptors (Lipinski definition) is 5. The van der Waals surface area contributed by atoms with Gasteiger partial charge in [-0.15, -0.1) is 0 Å². The van der Waals surface area contributed by atoms with Crippen LogP contribution in [-0.4, -0.2) is 69.6 Å². The van der Waals surface area contributed by atoms with Crippen molar-refractivity contribution in [3.63, 3.8) is 0 Å². The molecule has 2 aliphatic carbocycles. The van der Waals surface area contributed by atoms with Crippen LogP contribution >= 0.6 is 0 Å². The van der Waals surface area contributed by atoms with Gasteiger partial charge in [0.2, 0.25) is 11.8 Å². The molecule has 3 atom stereocenters. The number of rotatable bonds is 9. The summed E-state index contributed by atoms with van der Waals surface area (Å²) in [7, 11) is 3.30. The van der Waals surface area contributed by atoms with Gasteiger partial charge in [0.1, 0.15) is 17.3 Å². The van der Waals surface area contributed by atoms with Crippen LogP contribution in [-0.2, 0) is 29.5 Å². The first kappa shape index (κ1) is 28.6. The predicted molar refractivity (Wildman–Crippen MR) is 154 cm³/mol. The molecule has 2 unspecified atom stereocenters. The molecular weight excluding hydrogens is 522 g/mol. The number of likely N-dealkylation sites (N-methyl/N-ethyl adjacent to an activating group) is 1. The van der Waals surface area contributed by atoms with Crippen molar-refractivity contribution in [2.75, 3.05) is 18.9 Å². The van der Waals surface area contributed by atoms with Crippen molar-refractivity contribution < 1.29 is 19.2 Å². The van der Waals surface area contributed by atoms with E-state index in [4.69, 9.17) is 0 Å². The van der Waals surface area contributed by atoms with Gasteiger partial charge in [-0.2, -0.15) is 5.10 Å². The molecule has 1 saturated heterocycles. The van der Waals surface area contributed by atoms with Crippen molar-refractivity contribution >= 4 is 29.4 Å². The van der Waals surface area contributed by atoms with Crippen LogP contribution in [0.1, 0.15) is 73.5 Å². The first-order chi connectivity index (χ1) is 19.8. The van der Waals surface area contributed by atoms with E-state index in [-0.39, 0.29) is 35.7 Å². The van der Waals surface area contributed by atoms with Gasteiger partial charge in [0, 0.05) is 51.4 Å². The number of carbonyl (C=O) groups excluding carboxylic acids is 4. The van der Waals surface area contributed by atoms with Crippen molar-refractivity contribution in [3.8, 4) is 0 Å². The van der Waals surface area contributed by atoms with E-state index in [2.05, 4.69) is 33.3 Å². The number of amides is 5. The molecule has 3 aliphatic rings. The second kappa shape index (κ2) is 11.9. The smallest absolute Gasteiger partial charge is 0.318 e. The van der Waals surface area contributed by atoms with Gasteiger partial charge in [0.15, 0.2) is 0 Å². The van der Waals surface area contributed by atoms with Gasteiger partial charge in [0.25, 0.3) is 5.91 Å². The Labute approximate surface area is 240 Å². The third-order valence-corrected chi connectivity index (χ3v) is 8.96. The summed E-state index contributed by atoms with van der Waals surface area (Å²) in [4.78, 5) is 54.7. The molecule has 0 bridgehead atoms. The maximum atomic E-state index is 13.7. The molecule has 11 nitrogen and oxygen atoms in total. The minimum absolute atomic E-state index is 0.0193. The van der Waals surface area contributed by atoms with E-state index in [9.17, 15) is 19.2 Å². The van der Waals surface area contributed by atoms with E-state index in [1.54, 1.807) is 31.3 Å². The third-order valence-electron chi connectivity index (χ3n) is 8.96. The van der Waals surface area contributed by atoms with Gasteiger partial charge in [-0.25, -0.2) is 4.79 Å². The highest BCUT2D eigenvalue weighted by Crippen LogP contribution is 2.38. The lowest BCUT2D eigenvalue weighted by molar-refractivity contribution is -0.130. The molecule has 0 spiro atoms. The van der Waals surface area contributed by atoms with Crippen LogP contribution in [0.15, 0.2) is 30.5 Å². The Morgan fingerprint density at radius 3 is 2.56 bits per heavy atom. The van der Waals surface area contributed by atoms with E-state index in [0.29, 0.717) is 30.8 Å². The molecule has 5 amide bonds. The van der Waals surface area contributed by atoms with Crippen molar-refractivity contribution in [3.05, 3.63) is 47.3 Å². The zero-order chi connectivity index (χ0) is 29.1. The van der Waals surface area contributed by atoms with Crippen molar-refractivity contribution in [1.82, 2.24) is 30.6 Å². The summed E-state index contributed by atoms with van der Waals surface area (Å²) >= 11 is 0. The average Bonchev–Trinajstić information content (AvgIpc) is 3.68. The molecule has 5 rings (SSSR count). The Morgan fingerprint density at radius 2 is 1.88 bits per heavy atom. The van der Waals surface area contributed by atoms with Crippen molar-refractivity contribution in [1.29, 1.82) is 0 Å². The number of urea groups is 1. The third kappa shape index (κ3) is 5.67. The number of anilines is 1. The fraction of sp³-hybridized carbons (Fsp3) is 0.567. The Bertz CT molecular complexity index is 1320. The molecule has 1 aliphatic heterocycles. The number of aromatic nitrogens is 2. The normalized spacial score (nSPS) is 23.0. The van der Waals surface area contributed by atoms with E-state index in [1.807, 2.05) is 18.2 Å². The van der Waals surface area contributed by atoms with Gasteiger partial charge >= 0.3 is 6.03 Å². The van der Waals surface area contributed by atoms with Crippen LogP contribution < -0.4 is 21.3 Å². The Kier molecular flexibility index (Phi) is 8.32. The predicted octanol–water partition coefficient (Wildman–Crippen LogP) is 2.51. The number of nitrogens with zero attached hydrogens (tertiary/aromatic N) is 3. The number of hydrogen-bond donors (Lipinski definition) is 4. The molecule has 41 heavy (non-hydrogen) atoms. The highest BCUT2D eigenvalue weighted by molar-refractivity contribution is 6.01. The molecule has 4 N–H and O–H groups in total. The second-order valence-corrected chi connectivity index (χ2v) is 11.7. The van der Waals surface area contributed by atoms with Crippen LogP contribution in [0.2, 0.25) is 0 Å². The fourth-order valence-electron chi connectivity index (χ4n) is 6.82. The van der Waals surface area contributed by atoms with E-state index < -0.39 is 11.6 Å². The number of benzene rings is 1. The summed E-state index contributed by atoms with van der Waals surface area (Å²) in [5.74, 6) is -0.739. The van der Waals surface area contributed by atoms with Gasteiger partial charge in [-0.3, -0.25) is 19.1 Å². The summed E-state index contributed by atoms with van der Waals surface area (Å²) in [5.41, 5.74) is 1.88. The Hall–Kier alpha value is -3.89. The van der Waals surface area contributed by atoms with Crippen LogP contribution in [0.4, 0.5) is 10.5 Å². The second-order valence-electron chi connectivity index (χ2n) is 11.7. The van der Waals surface area contributed by atoms with Gasteiger partial charge < -0.3 is 26.2 Å². The topological polar surface area (TPSA) is 137 Å². The Morgan fingerprint density at radius 1 is 1.12 bits per heavy atom. The highest BCUT2D eigenvalue weighted by Gasteiger charge is 2.52. The highest BCUT2D eigenvalue weighted by atomic mass is 16.2. The lowest BCUT2D eigenvalue weighted by Gasteiger charge is -2.36. The van der Waals surface area contributed by atoms with Crippen LogP contribution in [0, 0.1) is 5.92 Å². The summed E-state index contributed by atoms with van der Waals surface area (Å²) in [6, 6.07) is 6.42. The molecule has 2 fully saturated rings. The van der Waals surface area contributed by atoms with Crippen LogP contribution in [0.25, 0.3) is 0 Å². The monoisotopic (exact) mass is 563 g/mol. The van der Waals surface area contributed by atoms with Crippen molar-refractivity contribution in [2.24, 2.45) is 13.0 Å². The molecule has 1 saturated carbocycles. The number of nitrogens with one attached hydrogen (secondary N) is 4. The van der Waals surface area contributed by atoms with Crippen LogP contribution in [0.5, 0.6) is 0 Å². The van der Waals surface area contributed by atoms with Gasteiger partial charge in [-0.1, -0.05) is 38.7 Å². The standard InChI is InChI=1S/C30H41N7O4/c1-4-8-23-18-37(29(41)34-23)30(28(40)31-2)16-20-11-12-22(15-21(20)17-30)33-27(39)25(19-9-6-5-7-10-19)35-26(38)24-13-14-32-36(24)3/h11-15,19,23,25H,4-10,16-18H2,1-3H3,(H,31,40)(H,33,39)(H,34,41)(H,35,38)/t23?,25-,30?/m0/s1. The maximum Gasteiger partial charge on any atom is 0.318 e. The zero-order valence-corrected chi connectivity index (χ0v) is 24.2. The number of fused-ring (bicyclic) bond motifs is 1. The SMILES string of the molecule is CCCC1CN(C2(C(=O)NC)Cc3ccc(NC(=O)[C@@H](NC(=O)c4ccnn4C)C4CCCCC4)cc3C2)C(=O)N1. The van der Waals surface area contributed by atoms with Gasteiger partial charge in [0.05, 0.1) is 0 Å². The summed E-state index contributed by atoms with van der Waals surface area (Å²) in [6.45, 7) is 2.56. The molecule has 1 aromatic heterocycles. The Balaban J connectivity index is 1.35. The molecule has 1 aromatic carbocycles. The lowest BCUT2D eigenvalue weighted by atomic mass is 9.83. The average molecular weight is 564 g/mol. The fourth-order valence-corrected chi connectivity index (χ4v) is 6.82. The van der Waals surface area contributed by atoms with Crippen molar-refractivity contribution in [2.45, 2.75) is 82.3 Å². The molecular formula is C30H41N7O4. The van der Waals surface area contributed by atoms with E-state index >= 15 is 0 Å². The largest absolute Gasteiger partial charge is 0.357 e. The van der Waals surface area contributed by atoms with Gasteiger partial charge in [-0.05, 0) is 54.5 Å². The molecule has 220 valence electrons. The van der Waals surface area contributed by atoms with E-state index in [1.165, 1.54) is 4.68 Å².